The van der Waals surface area contributed by atoms with Gasteiger partial charge in [-0.2, -0.15) is 4.39 Å². The quantitative estimate of drug-likeness (QED) is 0.757. The van der Waals surface area contributed by atoms with Gasteiger partial charge in [-0.05, 0) is 6.08 Å². The van der Waals surface area contributed by atoms with E-state index in [2.05, 4.69) is 4.74 Å². The van der Waals surface area contributed by atoms with Crippen LogP contribution in [0.15, 0.2) is 27.7 Å². The van der Waals surface area contributed by atoms with Gasteiger partial charge >= 0.3 is 11.7 Å². The third-order valence-corrected chi connectivity index (χ3v) is 2.72. The van der Waals surface area contributed by atoms with Crippen molar-refractivity contribution >= 4 is 11.8 Å². The second-order valence-corrected chi connectivity index (χ2v) is 4.35. The van der Waals surface area contributed by atoms with Crippen molar-refractivity contribution in [2.24, 2.45) is 0 Å². The summed E-state index contributed by atoms with van der Waals surface area (Å²) >= 11 is 0. The maximum atomic E-state index is 13.6. The molecular formula is C12H10F2N2O6. The number of rotatable bonds is 3. The molecule has 2 rings (SSSR count). The minimum atomic E-state index is -1.82. The topological polar surface area (TPSA) is 107 Å². The van der Waals surface area contributed by atoms with E-state index in [0.29, 0.717) is 10.8 Å². The summed E-state index contributed by atoms with van der Waals surface area (Å²) < 4.78 is 37.0. The molecule has 0 saturated heterocycles. The molecule has 2 heterocycles. The van der Waals surface area contributed by atoms with Gasteiger partial charge in [0.15, 0.2) is 5.83 Å². The average Bonchev–Trinajstić information content (AvgIpc) is 2.44. The van der Waals surface area contributed by atoms with Gasteiger partial charge in [-0.3, -0.25) is 23.9 Å². The molecule has 0 fully saturated rings. The third-order valence-electron chi connectivity index (χ3n) is 2.72. The number of aromatic amines is 1. The van der Waals surface area contributed by atoms with Crippen molar-refractivity contribution in [1.29, 1.82) is 0 Å². The first kappa shape index (κ1) is 15.8. The Kier molecular flexibility index (Phi) is 4.31. The third kappa shape index (κ3) is 3.17. The van der Waals surface area contributed by atoms with Gasteiger partial charge in [-0.25, -0.2) is 9.18 Å². The maximum absolute atomic E-state index is 13.6. The van der Waals surface area contributed by atoms with Gasteiger partial charge in [-0.15, -0.1) is 0 Å². The highest BCUT2D eigenvalue weighted by atomic mass is 19.1. The zero-order valence-electron chi connectivity index (χ0n) is 11.2. The Morgan fingerprint density at radius 3 is 2.73 bits per heavy atom. The zero-order valence-corrected chi connectivity index (χ0v) is 11.2. The number of Topliss-reactive ketones (excluding diaryl/α,β-unsaturated/α-hetero) is 1. The van der Waals surface area contributed by atoms with Crippen LogP contribution in [0.2, 0.25) is 0 Å². The number of ketones is 1. The Bertz CT molecular complexity index is 766. The van der Waals surface area contributed by atoms with Gasteiger partial charge < -0.3 is 9.47 Å². The molecule has 8 nitrogen and oxygen atoms in total. The smallest absolute Gasteiger partial charge is 0.331 e. The van der Waals surface area contributed by atoms with Crippen LogP contribution in [0.3, 0.4) is 0 Å². The molecule has 0 aromatic carbocycles. The van der Waals surface area contributed by atoms with Crippen LogP contribution in [-0.2, 0) is 19.1 Å². The van der Waals surface area contributed by atoms with E-state index in [4.69, 9.17) is 4.74 Å². The molecule has 10 heteroatoms. The first-order valence-electron chi connectivity index (χ1n) is 6.01. The summed E-state index contributed by atoms with van der Waals surface area (Å²) in [7, 11) is 0. The minimum absolute atomic E-state index is 0.396. The molecule has 2 atom stereocenters. The van der Waals surface area contributed by atoms with Crippen molar-refractivity contribution in [2.45, 2.75) is 19.3 Å². The molecule has 22 heavy (non-hydrogen) atoms. The number of carbonyl (C=O) groups is 2. The lowest BCUT2D eigenvalue weighted by atomic mass is 10.2. The number of carbonyl (C=O) groups excluding carboxylic acids is 2. The molecule has 0 aliphatic carbocycles. The van der Waals surface area contributed by atoms with E-state index >= 15 is 0 Å². The van der Waals surface area contributed by atoms with Crippen molar-refractivity contribution in [3.63, 3.8) is 0 Å². The summed E-state index contributed by atoms with van der Waals surface area (Å²) in [6.45, 7) is 0.723. The summed E-state index contributed by atoms with van der Waals surface area (Å²) in [5.41, 5.74) is -2.43. The number of aromatic nitrogens is 2. The highest BCUT2D eigenvalue weighted by Crippen LogP contribution is 2.23. The number of halogens is 2. The van der Waals surface area contributed by atoms with E-state index in [0.717, 1.165) is 13.0 Å². The first-order valence-corrected chi connectivity index (χ1v) is 6.01. The fourth-order valence-electron chi connectivity index (χ4n) is 1.74. The maximum Gasteiger partial charge on any atom is 0.331 e. The van der Waals surface area contributed by atoms with E-state index in [1.807, 2.05) is 0 Å². The molecule has 1 aromatic rings. The summed E-state index contributed by atoms with van der Waals surface area (Å²) in [5.74, 6) is -4.46. The first-order chi connectivity index (χ1) is 10.3. The molecule has 0 amide bonds. The van der Waals surface area contributed by atoms with E-state index in [1.54, 1.807) is 4.98 Å². The monoisotopic (exact) mass is 316 g/mol. The van der Waals surface area contributed by atoms with Crippen LogP contribution in [0, 0.1) is 5.82 Å². The zero-order chi connectivity index (χ0) is 16.4. The predicted octanol–water partition coefficient (Wildman–Crippen LogP) is -0.441. The largest absolute Gasteiger partial charge is 0.463 e. The molecule has 0 saturated carbocycles. The molecule has 0 unspecified atom stereocenters. The SMILES string of the molecule is CC(=O)OC[C@@H]1C=C(F)C(=O)[C@H](n2cc(F)c(=O)[nH]c2=O)O1. The average molecular weight is 316 g/mol. The Hall–Kier alpha value is -2.62. The number of nitrogens with zero attached hydrogens (tertiary/aromatic N) is 1. The molecule has 0 radical (unpaired) electrons. The van der Waals surface area contributed by atoms with Gasteiger partial charge in [0.25, 0.3) is 5.56 Å². The van der Waals surface area contributed by atoms with Crippen LogP contribution in [0.25, 0.3) is 0 Å². The fourth-order valence-corrected chi connectivity index (χ4v) is 1.74. The normalized spacial score (nSPS) is 21.4. The molecule has 1 aliphatic rings. The molecule has 1 aliphatic heterocycles. The van der Waals surface area contributed by atoms with Gasteiger partial charge in [-0.1, -0.05) is 0 Å². The van der Waals surface area contributed by atoms with E-state index in [-0.39, 0.29) is 0 Å². The number of esters is 1. The summed E-state index contributed by atoms with van der Waals surface area (Å²) in [6, 6.07) is 0. The van der Waals surface area contributed by atoms with Crippen LogP contribution >= 0.6 is 0 Å². The number of H-pyrrole nitrogens is 1. The molecule has 1 N–H and O–H groups in total. The van der Waals surface area contributed by atoms with Gasteiger partial charge in [0.1, 0.15) is 12.7 Å². The summed E-state index contributed by atoms with van der Waals surface area (Å²) in [5, 5.41) is 0. The van der Waals surface area contributed by atoms with E-state index in [1.165, 1.54) is 0 Å². The lowest BCUT2D eigenvalue weighted by Gasteiger charge is -2.26. The Labute approximate surface area is 121 Å². The van der Waals surface area contributed by atoms with E-state index < -0.39 is 53.6 Å². The molecule has 118 valence electrons. The van der Waals surface area contributed by atoms with Crippen molar-refractivity contribution in [1.82, 2.24) is 9.55 Å². The lowest BCUT2D eigenvalue weighted by Crippen LogP contribution is -2.41. The number of ether oxygens (including phenoxy) is 2. The molecule has 0 spiro atoms. The van der Waals surface area contributed by atoms with Gasteiger partial charge in [0.05, 0.1) is 6.20 Å². The summed E-state index contributed by atoms with van der Waals surface area (Å²) in [4.78, 5) is 46.6. The van der Waals surface area contributed by atoms with Crippen LogP contribution in [0.4, 0.5) is 8.78 Å². The van der Waals surface area contributed by atoms with Crippen molar-refractivity contribution in [3.8, 4) is 0 Å². The highest BCUT2D eigenvalue weighted by Gasteiger charge is 2.34. The Morgan fingerprint density at radius 2 is 2.09 bits per heavy atom. The van der Waals surface area contributed by atoms with Crippen LogP contribution < -0.4 is 11.2 Å². The van der Waals surface area contributed by atoms with Crippen LogP contribution in [0.5, 0.6) is 0 Å². The van der Waals surface area contributed by atoms with Gasteiger partial charge in [0, 0.05) is 6.92 Å². The van der Waals surface area contributed by atoms with E-state index in [9.17, 15) is 28.0 Å². The summed E-state index contributed by atoms with van der Waals surface area (Å²) in [6.07, 6.45) is -1.75. The van der Waals surface area contributed by atoms with Crippen molar-refractivity contribution in [2.75, 3.05) is 6.61 Å². The molecular weight excluding hydrogens is 306 g/mol. The second kappa shape index (κ2) is 6.02. The number of hydrogen-bond donors (Lipinski definition) is 1. The van der Waals surface area contributed by atoms with Crippen molar-refractivity contribution in [3.05, 3.63) is 44.8 Å². The fraction of sp³-hybridized carbons (Fsp3) is 0.333. The Balaban J connectivity index is 2.35. The molecule has 1 aromatic heterocycles. The minimum Gasteiger partial charge on any atom is -0.463 e. The van der Waals surface area contributed by atoms with Crippen molar-refractivity contribution < 1.29 is 27.8 Å². The van der Waals surface area contributed by atoms with Crippen LogP contribution in [-0.4, -0.2) is 34.0 Å². The Morgan fingerprint density at radius 1 is 1.41 bits per heavy atom. The molecule has 0 bridgehead atoms. The van der Waals surface area contributed by atoms with Crippen LogP contribution in [0.1, 0.15) is 13.2 Å². The lowest BCUT2D eigenvalue weighted by molar-refractivity contribution is -0.153. The number of hydrogen-bond acceptors (Lipinski definition) is 6. The second-order valence-electron chi connectivity index (χ2n) is 4.35. The van der Waals surface area contributed by atoms with Gasteiger partial charge in [0.2, 0.25) is 17.8 Å². The number of nitrogens with one attached hydrogen (secondary N) is 1. The highest BCUT2D eigenvalue weighted by molar-refractivity contribution is 5.96. The standard InChI is InChI=1S/C12H10F2N2O6/c1-5(17)21-4-6-2-7(13)9(18)11(22-6)16-3-8(14)10(19)15-12(16)20/h2-3,6,11H,4H2,1H3,(H,15,19,20)/t6-,11+/m0/s1. The predicted molar refractivity (Wildman–Crippen MR) is 66.0 cm³/mol.